The number of carbonyl (C=O) groups is 1. The first-order valence-electron chi connectivity index (χ1n) is 4.35. The second-order valence-electron chi connectivity index (χ2n) is 3.05. The average molecular weight is 294 g/mol. The van der Waals surface area contributed by atoms with Crippen LogP contribution in [0.4, 0.5) is 0 Å². The number of hydrogen-bond donors (Lipinski definition) is 2. The number of aryl methyl sites for hydroxylation is 1. The first-order chi connectivity index (χ1) is 6.63. The lowest BCUT2D eigenvalue weighted by Gasteiger charge is -2.07. The summed E-state index contributed by atoms with van der Waals surface area (Å²) >= 11 is 3.38. The van der Waals surface area contributed by atoms with Gasteiger partial charge in [0.25, 0.3) is 0 Å². The Bertz CT molecular complexity index is 344. The smallest absolute Gasteiger partial charge is 0.234 e. The zero-order valence-electron chi connectivity index (χ0n) is 8.42. The summed E-state index contributed by atoms with van der Waals surface area (Å²) in [6.07, 6.45) is 0. The molecule has 3 N–H and O–H groups in total. The summed E-state index contributed by atoms with van der Waals surface area (Å²) in [6, 6.07) is 5.98. The molecule has 1 aromatic carbocycles. The lowest BCUT2D eigenvalue weighted by Crippen LogP contribution is -2.29. The van der Waals surface area contributed by atoms with Crippen molar-refractivity contribution in [3.8, 4) is 0 Å². The van der Waals surface area contributed by atoms with E-state index in [1.54, 1.807) is 0 Å². The Morgan fingerprint density at radius 3 is 2.80 bits per heavy atom. The fourth-order valence-electron chi connectivity index (χ4n) is 1.10. The van der Waals surface area contributed by atoms with E-state index in [2.05, 4.69) is 21.2 Å². The van der Waals surface area contributed by atoms with E-state index in [1.165, 1.54) is 0 Å². The summed E-state index contributed by atoms with van der Waals surface area (Å²) in [5.41, 5.74) is 7.44. The number of carbonyl (C=O) groups excluding carboxylic acids is 1. The number of halogens is 2. The van der Waals surface area contributed by atoms with Crippen LogP contribution in [0.15, 0.2) is 22.7 Å². The van der Waals surface area contributed by atoms with E-state index in [1.807, 2.05) is 25.1 Å². The molecule has 0 saturated carbocycles. The molecule has 0 aliphatic heterocycles. The average Bonchev–Trinajstić information content (AvgIpc) is 2.19. The molecule has 0 atom stereocenters. The highest BCUT2D eigenvalue weighted by atomic mass is 79.9. The van der Waals surface area contributed by atoms with Gasteiger partial charge in [-0.1, -0.05) is 22.0 Å². The third-order valence-corrected chi connectivity index (χ3v) is 2.47. The molecule has 0 saturated heterocycles. The van der Waals surface area contributed by atoms with Gasteiger partial charge in [0.15, 0.2) is 0 Å². The lowest BCUT2D eigenvalue weighted by atomic mass is 10.1. The van der Waals surface area contributed by atoms with Crippen LogP contribution in [-0.2, 0) is 11.3 Å². The Balaban J connectivity index is 0.00000196. The van der Waals surface area contributed by atoms with Crippen molar-refractivity contribution in [2.24, 2.45) is 5.73 Å². The molecule has 0 aromatic heterocycles. The molecule has 0 unspecified atom stereocenters. The maximum absolute atomic E-state index is 10.9. The zero-order chi connectivity index (χ0) is 10.6. The minimum absolute atomic E-state index is 0. The normalized spacial score (nSPS) is 9.27. The van der Waals surface area contributed by atoms with Crippen LogP contribution in [0.5, 0.6) is 0 Å². The molecule has 5 heteroatoms. The Morgan fingerprint density at radius 2 is 2.20 bits per heavy atom. The second-order valence-corrected chi connectivity index (χ2v) is 3.97. The molecule has 1 rings (SSSR count). The number of amides is 1. The van der Waals surface area contributed by atoms with Crippen LogP contribution < -0.4 is 11.1 Å². The van der Waals surface area contributed by atoms with Gasteiger partial charge >= 0.3 is 0 Å². The quantitative estimate of drug-likeness (QED) is 0.892. The molecule has 0 fully saturated rings. The van der Waals surface area contributed by atoms with Gasteiger partial charge in [-0.3, -0.25) is 4.79 Å². The van der Waals surface area contributed by atoms with Crippen molar-refractivity contribution in [1.82, 2.24) is 5.32 Å². The first kappa shape index (κ1) is 14.4. The van der Waals surface area contributed by atoms with Crippen LogP contribution in [0.3, 0.4) is 0 Å². The fraction of sp³-hybridized carbons (Fsp3) is 0.300. The monoisotopic (exact) mass is 292 g/mol. The summed E-state index contributed by atoms with van der Waals surface area (Å²) in [7, 11) is 0. The Hall–Kier alpha value is -0.580. The van der Waals surface area contributed by atoms with Crippen LogP contribution in [-0.4, -0.2) is 12.5 Å². The predicted molar refractivity (Wildman–Crippen MR) is 67.0 cm³/mol. The molecule has 0 heterocycles. The molecule has 1 amide bonds. The highest BCUT2D eigenvalue weighted by Gasteiger charge is 2.01. The van der Waals surface area contributed by atoms with Gasteiger partial charge in [0.1, 0.15) is 0 Å². The summed E-state index contributed by atoms with van der Waals surface area (Å²) in [5, 5.41) is 2.73. The van der Waals surface area contributed by atoms with E-state index in [0.717, 1.165) is 15.6 Å². The minimum atomic E-state index is -0.135. The van der Waals surface area contributed by atoms with Crippen molar-refractivity contribution in [2.75, 3.05) is 6.54 Å². The highest BCUT2D eigenvalue weighted by molar-refractivity contribution is 9.10. The van der Waals surface area contributed by atoms with Crippen LogP contribution in [0.1, 0.15) is 11.1 Å². The molecule has 15 heavy (non-hydrogen) atoms. The van der Waals surface area contributed by atoms with Gasteiger partial charge in [0, 0.05) is 11.0 Å². The van der Waals surface area contributed by atoms with Crippen molar-refractivity contribution in [2.45, 2.75) is 13.5 Å². The molecule has 0 aliphatic rings. The molecule has 1 aromatic rings. The SMILES string of the molecule is Cc1ccc(Br)cc1CNC(=O)CN.Cl. The van der Waals surface area contributed by atoms with Crippen LogP contribution in [0.25, 0.3) is 0 Å². The molecular formula is C10H14BrClN2O. The van der Waals surface area contributed by atoms with E-state index in [-0.39, 0.29) is 24.9 Å². The topological polar surface area (TPSA) is 55.1 Å². The molecule has 0 bridgehead atoms. The Labute approximate surface area is 104 Å². The summed E-state index contributed by atoms with van der Waals surface area (Å²) < 4.78 is 1.01. The maximum atomic E-state index is 10.9. The predicted octanol–water partition coefficient (Wildman–Crippen LogP) is 1.75. The molecule has 0 radical (unpaired) electrons. The van der Waals surface area contributed by atoms with Crippen molar-refractivity contribution in [3.63, 3.8) is 0 Å². The molecule has 84 valence electrons. The van der Waals surface area contributed by atoms with E-state index >= 15 is 0 Å². The van der Waals surface area contributed by atoms with Crippen molar-refractivity contribution in [1.29, 1.82) is 0 Å². The van der Waals surface area contributed by atoms with Crippen molar-refractivity contribution < 1.29 is 4.79 Å². The van der Waals surface area contributed by atoms with Gasteiger partial charge in [-0.25, -0.2) is 0 Å². The maximum Gasteiger partial charge on any atom is 0.234 e. The minimum Gasteiger partial charge on any atom is -0.351 e. The molecule has 0 spiro atoms. The zero-order valence-corrected chi connectivity index (χ0v) is 10.8. The van der Waals surface area contributed by atoms with Gasteiger partial charge in [-0.15, -0.1) is 12.4 Å². The summed E-state index contributed by atoms with van der Waals surface area (Å²) in [5.74, 6) is -0.135. The number of nitrogens with one attached hydrogen (secondary N) is 1. The number of nitrogens with two attached hydrogens (primary N) is 1. The molecule has 3 nitrogen and oxygen atoms in total. The van der Waals surface area contributed by atoms with Gasteiger partial charge < -0.3 is 11.1 Å². The van der Waals surface area contributed by atoms with Crippen molar-refractivity contribution >= 4 is 34.2 Å². The van der Waals surface area contributed by atoms with Crippen molar-refractivity contribution in [3.05, 3.63) is 33.8 Å². The van der Waals surface area contributed by atoms with Gasteiger partial charge in [0.05, 0.1) is 6.54 Å². The number of hydrogen-bond acceptors (Lipinski definition) is 2. The summed E-state index contributed by atoms with van der Waals surface area (Å²) in [4.78, 5) is 10.9. The molecular weight excluding hydrogens is 279 g/mol. The third kappa shape index (κ3) is 4.64. The van der Waals surface area contributed by atoms with Crippen LogP contribution in [0.2, 0.25) is 0 Å². The summed E-state index contributed by atoms with van der Waals surface area (Å²) in [6.45, 7) is 2.57. The van der Waals surface area contributed by atoms with E-state index in [4.69, 9.17) is 5.73 Å². The lowest BCUT2D eigenvalue weighted by molar-refractivity contribution is -0.119. The van der Waals surface area contributed by atoms with E-state index in [0.29, 0.717) is 6.54 Å². The first-order valence-corrected chi connectivity index (χ1v) is 5.14. The van der Waals surface area contributed by atoms with Gasteiger partial charge in [-0.05, 0) is 30.2 Å². The largest absolute Gasteiger partial charge is 0.351 e. The van der Waals surface area contributed by atoms with Crippen LogP contribution >= 0.6 is 28.3 Å². The van der Waals surface area contributed by atoms with Crippen LogP contribution in [0, 0.1) is 6.92 Å². The number of rotatable bonds is 3. The Kier molecular flexibility index (Phi) is 6.56. The molecule has 0 aliphatic carbocycles. The fourth-order valence-corrected chi connectivity index (χ4v) is 1.50. The third-order valence-electron chi connectivity index (χ3n) is 1.97. The standard InChI is InChI=1S/C10H13BrN2O.ClH/c1-7-2-3-9(11)4-8(7)6-13-10(14)5-12;/h2-4H,5-6,12H2,1H3,(H,13,14);1H. The van der Waals surface area contributed by atoms with E-state index < -0.39 is 0 Å². The van der Waals surface area contributed by atoms with E-state index in [9.17, 15) is 4.79 Å². The van der Waals surface area contributed by atoms with Gasteiger partial charge in [-0.2, -0.15) is 0 Å². The number of benzene rings is 1. The Morgan fingerprint density at radius 1 is 1.53 bits per heavy atom. The second kappa shape index (κ2) is 6.82. The highest BCUT2D eigenvalue weighted by Crippen LogP contribution is 2.15. The van der Waals surface area contributed by atoms with Gasteiger partial charge in [0.2, 0.25) is 5.91 Å².